The van der Waals surface area contributed by atoms with Gasteiger partial charge in [-0.15, -0.1) is 0 Å². The Labute approximate surface area is 121 Å². The Morgan fingerprint density at radius 1 is 1.47 bits per heavy atom. The zero-order valence-electron chi connectivity index (χ0n) is 11.3. The van der Waals surface area contributed by atoms with E-state index >= 15 is 0 Å². The molecule has 2 aromatic heterocycles. The molecule has 0 atom stereocenters. The summed E-state index contributed by atoms with van der Waals surface area (Å²) in [4.78, 5) is 16.4. The maximum Gasteiger partial charge on any atom is 0.187 e. The molecule has 2 heterocycles. The van der Waals surface area contributed by atoms with Crippen LogP contribution in [0.3, 0.4) is 0 Å². The van der Waals surface area contributed by atoms with E-state index in [0.717, 1.165) is 27.8 Å². The maximum atomic E-state index is 12.2. The molecule has 0 fully saturated rings. The molecular formula is C14H16BrN3O. The summed E-state index contributed by atoms with van der Waals surface area (Å²) in [7, 11) is 1.86. The molecule has 0 aliphatic rings. The lowest BCUT2D eigenvalue weighted by atomic mass is 10.1. The Hall–Kier alpha value is -1.49. The largest absolute Gasteiger partial charge is 0.292 e. The minimum absolute atomic E-state index is 0.00931. The molecular weight excluding hydrogens is 306 g/mol. The van der Waals surface area contributed by atoms with Crippen LogP contribution in [-0.2, 0) is 19.9 Å². The Morgan fingerprint density at radius 3 is 2.79 bits per heavy atom. The molecule has 0 unspecified atom stereocenters. The highest BCUT2D eigenvalue weighted by atomic mass is 79.9. The second kappa shape index (κ2) is 5.65. The van der Waals surface area contributed by atoms with Crippen molar-refractivity contribution in [1.29, 1.82) is 0 Å². The van der Waals surface area contributed by atoms with Gasteiger partial charge in [-0.05, 0) is 47.0 Å². The van der Waals surface area contributed by atoms with E-state index in [1.165, 1.54) is 0 Å². The van der Waals surface area contributed by atoms with E-state index in [1.807, 2.05) is 33.0 Å². The zero-order chi connectivity index (χ0) is 14.0. The fourth-order valence-electron chi connectivity index (χ4n) is 1.94. The van der Waals surface area contributed by atoms with Gasteiger partial charge in [-0.2, -0.15) is 5.10 Å². The van der Waals surface area contributed by atoms with Gasteiger partial charge in [0, 0.05) is 13.2 Å². The van der Waals surface area contributed by atoms with Crippen LogP contribution < -0.4 is 0 Å². The Kier molecular flexibility index (Phi) is 4.14. The minimum atomic E-state index is 0.00931. The number of aryl methyl sites for hydroxylation is 3. The van der Waals surface area contributed by atoms with Gasteiger partial charge in [-0.1, -0.05) is 6.92 Å². The summed E-state index contributed by atoms with van der Waals surface area (Å²) in [6.45, 7) is 3.99. The second-order valence-electron chi connectivity index (χ2n) is 4.50. The van der Waals surface area contributed by atoms with Crippen molar-refractivity contribution in [3.05, 3.63) is 45.4 Å². The number of ketones is 1. The molecule has 0 aliphatic carbocycles. The summed E-state index contributed by atoms with van der Waals surface area (Å²) < 4.78 is 2.69. The average molecular weight is 322 g/mol. The third-order valence-electron chi connectivity index (χ3n) is 3.03. The van der Waals surface area contributed by atoms with Crippen LogP contribution in [0.25, 0.3) is 0 Å². The molecule has 0 saturated carbocycles. The molecule has 0 N–H and O–H groups in total. The average Bonchev–Trinajstić information content (AvgIpc) is 2.66. The van der Waals surface area contributed by atoms with E-state index in [2.05, 4.69) is 26.0 Å². The number of carbonyl (C=O) groups excluding carboxylic acids is 1. The number of carbonyl (C=O) groups is 1. The van der Waals surface area contributed by atoms with Crippen molar-refractivity contribution in [1.82, 2.24) is 14.8 Å². The third-order valence-corrected chi connectivity index (χ3v) is 3.95. The number of hydrogen-bond acceptors (Lipinski definition) is 3. The molecule has 19 heavy (non-hydrogen) atoms. The van der Waals surface area contributed by atoms with Gasteiger partial charge < -0.3 is 0 Å². The lowest BCUT2D eigenvalue weighted by Crippen LogP contribution is -2.10. The number of pyridine rings is 1. The normalized spacial score (nSPS) is 10.7. The molecule has 0 aromatic carbocycles. The van der Waals surface area contributed by atoms with E-state index in [0.29, 0.717) is 12.1 Å². The van der Waals surface area contributed by atoms with Crippen LogP contribution in [0.15, 0.2) is 22.8 Å². The molecule has 100 valence electrons. The highest BCUT2D eigenvalue weighted by Crippen LogP contribution is 2.22. The second-order valence-corrected chi connectivity index (χ2v) is 5.30. The first-order chi connectivity index (χ1) is 9.02. The van der Waals surface area contributed by atoms with Gasteiger partial charge in [-0.25, -0.2) is 0 Å². The van der Waals surface area contributed by atoms with Crippen molar-refractivity contribution in [2.24, 2.45) is 7.05 Å². The standard InChI is InChI=1S/C14H16BrN3O/c1-4-10-14(15)12(18(3)17-10)8-13(19)11-7-9(2)5-6-16-11/h5-7H,4,8H2,1-3H3. The quantitative estimate of drug-likeness (QED) is 0.813. The van der Waals surface area contributed by atoms with Crippen molar-refractivity contribution in [2.75, 3.05) is 0 Å². The van der Waals surface area contributed by atoms with Crippen molar-refractivity contribution in [3.8, 4) is 0 Å². The predicted octanol–water partition coefficient (Wildman–Crippen LogP) is 2.87. The van der Waals surface area contributed by atoms with Crippen LogP contribution in [-0.4, -0.2) is 20.5 Å². The molecule has 0 radical (unpaired) electrons. The molecule has 5 heteroatoms. The van der Waals surface area contributed by atoms with E-state index in [1.54, 1.807) is 10.9 Å². The van der Waals surface area contributed by atoms with Crippen molar-refractivity contribution in [3.63, 3.8) is 0 Å². The number of Topliss-reactive ketones (excluding diaryl/α,β-unsaturated/α-hetero) is 1. The first-order valence-corrected chi connectivity index (χ1v) is 6.98. The zero-order valence-corrected chi connectivity index (χ0v) is 12.9. The van der Waals surface area contributed by atoms with Gasteiger partial charge in [0.15, 0.2) is 5.78 Å². The van der Waals surface area contributed by atoms with E-state index < -0.39 is 0 Å². The van der Waals surface area contributed by atoms with Gasteiger partial charge in [0.1, 0.15) is 5.69 Å². The van der Waals surface area contributed by atoms with Gasteiger partial charge >= 0.3 is 0 Å². The Balaban J connectivity index is 2.27. The Morgan fingerprint density at radius 2 is 2.21 bits per heavy atom. The summed E-state index contributed by atoms with van der Waals surface area (Å²) >= 11 is 3.52. The smallest absolute Gasteiger partial charge is 0.187 e. The van der Waals surface area contributed by atoms with Crippen LogP contribution in [0.5, 0.6) is 0 Å². The highest BCUT2D eigenvalue weighted by molar-refractivity contribution is 9.10. The highest BCUT2D eigenvalue weighted by Gasteiger charge is 2.17. The fourth-order valence-corrected chi connectivity index (χ4v) is 2.70. The molecule has 0 saturated heterocycles. The molecule has 0 aliphatic heterocycles. The first-order valence-electron chi connectivity index (χ1n) is 6.19. The number of aromatic nitrogens is 3. The number of rotatable bonds is 4. The van der Waals surface area contributed by atoms with Crippen molar-refractivity contribution < 1.29 is 4.79 Å². The topological polar surface area (TPSA) is 47.8 Å². The lowest BCUT2D eigenvalue weighted by molar-refractivity contribution is 0.0985. The maximum absolute atomic E-state index is 12.2. The monoisotopic (exact) mass is 321 g/mol. The van der Waals surface area contributed by atoms with Crippen LogP contribution in [0.1, 0.15) is 34.4 Å². The molecule has 4 nitrogen and oxygen atoms in total. The molecule has 0 bridgehead atoms. The molecule has 2 rings (SSSR count). The van der Waals surface area contributed by atoms with Gasteiger partial charge in [0.25, 0.3) is 0 Å². The molecule has 2 aromatic rings. The van der Waals surface area contributed by atoms with Crippen molar-refractivity contribution >= 4 is 21.7 Å². The predicted molar refractivity (Wildman–Crippen MR) is 77.3 cm³/mol. The van der Waals surface area contributed by atoms with Gasteiger partial charge in [0.05, 0.1) is 22.3 Å². The van der Waals surface area contributed by atoms with E-state index in [-0.39, 0.29) is 5.78 Å². The summed E-state index contributed by atoms with van der Waals surface area (Å²) in [6.07, 6.45) is 2.81. The molecule has 0 amide bonds. The SMILES string of the molecule is CCc1nn(C)c(CC(=O)c2cc(C)ccn2)c1Br. The number of nitrogens with zero attached hydrogens (tertiary/aromatic N) is 3. The number of hydrogen-bond donors (Lipinski definition) is 0. The number of halogens is 1. The van der Waals surface area contributed by atoms with E-state index in [4.69, 9.17) is 0 Å². The van der Waals surface area contributed by atoms with Crippen LogP contribution in [0, 0.1) is 6.92 Å². The third kappa shape index (κ3) is 2.92. The van der Waals surface area contributed by atoms with Crippen molar-refractivity contribution in [2.45, 2.75) is 26.7 Å². The summed E-state index contributed by atoms with van der Waals surface area (Å²) in [5, 5.41) is 4.39. The lowest BCUT2D eigenvalue weighted by Gasteiger charge is -2.03. The van der Waals surface area contributed by atoms with Crippen LogP contribution >= 0.6 is 15.9 Å². The Bertz CT molecular complexity index is 619. The first kappa shape index (κ1) is 13.9. The van der Waals surface area contributed by atoms with Crippen LogP contribution in [0.2, 0.25) is 0 Å². The van der Waals surface area contributed by atoms with Gasteiger partial charge in [-0.3, -0.25) is 14.5 Å². The van der Waals surface area contributed by atoms with Gasteiger partial charge in [0.2, 0.25) is 0 Å². The summed E-state index contributed by atoms with van der Waals surface area (Å²) in [5.41, 5.74) is 3.41. The molecule has 0 spiro atoms. The minimum Gasteiger partial charge on any atom is -0.292 e. The van der Waals surface area contributed by atoms with Crippen LogP contribution in [0.4, 0.5) is 0 Å². The van der Waals surface area contributed by atoms with E-state index in [9.17, 15) is 4.79 Å². The fraction of sp³-hybridized carbons (Fsp3) is 0.357. The summed E-state index contributed by atoms with van der Waals surface area (Å²) in [5.74, 6) is 0.00931. The summed E-state index contributed by atoms with van der Waals surface area (Å²) in [6, 6.07) is 3.69.